The molecular formula is C11H11NO. The molecule has 0 N–H and O–H groups in total. The molecule has 1 aliphatic heterocycles. The average molecular weight is 173 g/mol. The molecule has 2 nitrogen and oxygen atoms in total. The van der Waals surface area contributed by atoms with E-state index in [0.29, 0.717) is 5.57 Å². The van der Waals surface area contributed by atoms with Crippen LogP contribution in [0.3, 0.4) is 0 Å². The highest BCUT2D eigenvalue weighted by Crippen LogP contribution is 2.30. The molecule has 1 unspecified atom stereocenters. The van der Waals surface area contributed by atoms with Gasteiger partial charge in [-0.15, -0.1) is 0 Å². The Morgan fingerprint density at radius 1 is 1.31 bits per heavy atom. The molecule has 1 aromatic carbocycles. The van der Waals surface area contributed by atoms with Gasteiger partial charge in [-0.25, -0.2) is 0 Å². The van der Waals surface area contributed by atoms with E-state index in [-0.39, 0.29) is 11.9 Å². The molecule has 2 rings (SSSR count). The fraction of sp³-hybridized carbons (Fsp3) is 0.182. The second-order valence-corrected chi connectivity index (χ2v) is 3.21. The second kappa shape index (κ2) is 2.73. The van der Waals surface area contributed by atoms with E-state index in [0.717, 1.165) is 5.69 Å². The van der Waals surface area contributed by atoms with Crippen molar-refractivity contribution < 1.29 is 4.79 Å². The lowest BCUT2D eigenvalue weighted by atomic mass is 9.97. The maximum Gasteiger partial charge on any atom is 0.256 e. The molecule has 2 heteroatoms. The number of carbonyl (C=O) groups excluding carboxylic acids is 1. The molecular weight excluding hydrogens is 162 g/mol. The molecule has 1 aromatic rings. The molecule has 0 bridgehead atoms. The average Bonchev–Trinajstić information content (AvgIpc) is 2.19. The summed E-state index contributed by atoms with van der Waals surface area (Å²) in [6, 6.07) is 9.80. The number of anilines is 1. The van der Waals surface area contributed by atoms with Crippen LogP contribution in [0.2, 0.25) is 0 Å². The van der Waals surface area contributed by atoms with Crippen LogP contribution in [0.4, 0.5) is 5.69 Å². The fourth-order valence-corrected chi connectivity index (χ4v) is 1.53. The minimum Gasteiger partial charge on any atom is -0.301 e. The summed E-state index contributed by atoms with van der Waals surface area (Å²) in [4.78, 5) is 13.2. The monoisotopic (exact) mass is 173 g/mol. The first-order valence-corrected chi connectivity index (χ1v) is 4.29. The van der Waals surface area contributed by atoms with Gasteiger partial charge >= 0.3 is 0 Å². The molecule has 0 spiro atoms. The van der Waals surface area contributed by atoms with Crippen LogP contribution in [0.25, 0.3) is 0 Å². The minimum absolute atomic E-state index is 0.0405. The highest BCUT2D eigenvalue weighted by atomic mass is 16.2. The predicted octanol–water partition coefficient (Wildman–Crippen LogP) is 1.98. The van der Waals surface area contributed by atoms with Crippen molar-refractivity contribution in [2.24, 2.45) is 0 Å². The zero-order valence-electron chi connectivity index (χ0n) is 7.53. The smallest absolute Gasteiger partial charge is 0.256 e. The van der Waals surface area contributed by atoms with Gasteiger partial charge in [-0.05, 0) is 19.1 Å². The topological polar surface area (TPSA) is 20.3 Å². The molecule has 1 atom stereocenters. The summed E-state index contributed by atoms with van der Waals surface area (Å²) in [5, 5.41) is 0. The van der Waals surface area contributed by atoms with E-state index in [1.807, 2.05) is 37.3 Å². The van der Waals surface area contributed by atoms with Crippen LogP contribution in [-0.4, -0.2) is 11.9 Å². The van der Waals surface area contributed by atoms with E-state index in [2.05, 4.69) is 6.58 Å². The number of para-hydroxylation sites is 1. The van der Waals surface area contributed by atoms with E-state index in [9.17, 15) is 4.79 Å². The first kappa shape index (κ1) is 8.05. The van der Waals surface area contributed by atoms with Crippen LogP contribution in [0.15, 0.2) is 42.5 Å². The molecule has 1 amide bonds. The predicted molar refractivity (Wildman–Crippen MR) is 52.5 cm³/mol. The van der Waals surface area contributed by atoms with Crippen LogP contribution in [0.5, 0.6) is 0 Å². The molecule has 1 fully saturated rings. The van der Waals surface area contributed by atoms with Gasteiger partial charge in [-0.3, -0.25) is 4.79 Å². The number of hydrogen-bond acceptors (Lipinski definition) is 1. The molecule has 1 aliphatic rings. The van der Waals surface area contributed by atoms with Crippen molar-refractivity contribution in [2.75, 3.05) is 4.90 Å². The van der Waals surface area contributed by atoms with Gasteiger partial charge in [0, 0.05) is 11.3 Å². The lowest BCUT2D eigenvalue weighted by Gasteiger charge is -2.40. The lowest BCUT2D eigenvalue weighted by molar-refractivity contribution is -0.118. The fourth-order valence-electron chi connectivity index (χ4n) is 1.53. The zero-order chi connectivity index (χ0) is 9.42. The largest absolute Gasteiger partial charge is 0.301 e. The van der Waals surface area contributed by atoms with Crippen LogP contribution >= 0.6 is 0 Å². The molecule has 0 aromatic heterocycles. The molecule has 0 radical (unpaired) electrons. The van der Waals surface area contributed by atoms with Crippen molar-refractivity contribution in [2.45, 2.75) is 13.0 Å². The Morgan fingerprint density at radius 3 is 2.46 bits per heavy atom. The quantitative estimate of drug-likeness (QED) is 0.469. The van der Waals surface area contributed by atoms with E-state index in [1.165, 1.54) is 0 Å². The van der Waals surface area contributed by atoms with Gasteiger partial charge in [0.1, 0.15) is 0 Å². The third-order valence-corrected chi connectivity index (χ3v) is 2.42. The van der Waals surface area contributed by atoms with Gasteiger partial charge in [0.15, 0.2) is 0 Å². The number of hydrogen-bond donors (Lipinski definition) is 0. The van der Waals surface area contributed by atoms with Crippen LogP contribution < -0.4 is 4.90 Å². The summed E-state index contributed by atoms with van der Waals surface area (Å²) in [5.41, 5.74) is 1.65. The van der Waals surface area contributed by atoms with Crippen molar-refractivity contribution in [1.29, 1.82) is 0 Å². The Bertz CT molecular complexity index is 356. The Kier molecular flexibility index (Phi) is 1.69. The van der Waals surface area contributed by atoms with E-state index < -0.39 is 0 Å². The van der Waals surface area contributed by atoms with E-state index >= 15 is 0 Å². The van der Waals surface area contributed by atoms with E-state index in [1.54, 1.807) is 4.90 Å². The van der Waals surface area contributed by atoms with Gasteiger partial charge in [-0.1, -0.05) is 24.8 Å². The Labute approximate surface area is 77.5 Å². The third-order valence-electron chi connectivity index (χ3n) is 2.42. The van der Waals surface area contributed by atoms with E-state index in [4.69, 9.17) is 0 Å². The molecule has 66 valence electrons. The number of carbonyl (C=O) groups is 1. The van der Waals surface area contributed by atoms with Gasteiger partial charge < -0.3 is 4.90 Å². The van der Waals surface area contributed by atoms with Gasteiger partial charge in [0.2, 0.25) is 0 Å². The molecule has 0 aliphatic carbocycles. The highest BCUT2D eigenvalue weighted by molar-refractivity contribution is 6.14. The van der Waals surface area contributed by atoms with Crippen LogP contribution in [-0.2, 0) is 4.79 Å². The van der Waals surface area contributed by atoms with Gasteiger partial charge in [-0.2, -0.15) is 0 Å². The molecule has 13 heavy (non-hydrogen) atoms. The summed E-state index contributed by atoms with van der Waals surface area (Å²) in [6.07, 6.45) is 0. The number of amides is 1. The Balaban J connectivity index is 2.30. The zero-order valence-corrected chi connectivity index (χ0v) is 7.53. The summed E-state index contributed by atoms with van der Waals surface area (Å²) in [5.74, 6) is 0.0405. The first-order valence-electron chi connectivity index (χ1n) is 4.29. The number of benzene rings is 1. The number of β-lactam (4-membered cyclic amide) rings is 1. The lowest BCUT2D eigenvalue weighted by Crippen LogP contribution is -2.53. The maximum atomic E-state index is 11.4. The summed E-state index contributed by atoms with van der Waals surface area (Å²) in [6.45, 7) is 5.69. The molecule has 0 saturated carbocycles. The number of rotatable bonds is 1. The van der Waals surface area contributed by atoms with Gasteiger partial charge in [0.05, 0.1) is 6.04 Å². The van der Waals surface area contributed by atoms with Gasteiger partial charge in [0.25, 0.3) is 5.91 Å². The van der Waals surface area contributed by atoms with Crippen LogP contribution in [0, 0.1) is 0 Å². The van der Waals surface area contributed by atoms with Crippen molar-refractivity contribution in [3.63, 3.8) is 0 Å². The number of nitrogens with zero attached hydrogens (tertiary/aromatic N) is 1. The molecule has 1 heterocycles. The Hall–Kier alpha value is -1.57. The first-order chi connectivity index (χ1) is 6.22. The maximum absolute atomic E-state index is 11.4. The minimum atomic E-state index is 0.0405. The summed E-state index contributed by atoms with van der Waals surface area (Å²) in [7, 11) is 0. The van der Waals surface area contributed by atoms with Crippen molar-refractivity contribution in [3.05, 3.63) is 42.5 Å². The summed E-state index contributed by atoms with van der Waals surface area (Å²) >= 11 is 0. The SMILES string of the molecule is C=C1C(=O)N(c2ccccc2)C1C. The van der Waals surface area contributed by atoms with Crippen molar-refractivity contribution in [1.82, 2.24) is 0 Å². The highest BCUT2D eigenvalue weighted by Gasteiger charge is 2.37. The van der Waals surface area contributed by atoms with Crippen molar-refractivity contribution in [3.8, 4) is 0 Å². The summed E-state index contributed by atoms with van der Waals surface area (Å²) < 4.78 is 0. The third kappa shape index (κ3) is 1.06. The second-order valence-electron chi connectivity index (χ2n) is 3.21. The van der Waals surface area contributed by atoms with Crippen molar-refractivity contribution >= 4 is 11.6 Å². The molecule has 1 saturated heterocycles. The Morgan fingerprint density at radius 2 is 1.92 bits per heavy atom. The van der Waals surface area contributed by atoms with Crippen LogP contribution in [0.1, 0.15) is 6.92 Å². The standard InChI is InChI=1S/C11H11NO/c1-8-9(2)12(11(8)13)10-6-4-3-5-7-10/h3-7,9H,1H2,2H3. The normalized spacial score (nSPS) is 21.6.